The summed E-state index contributed by atoms with van der Waals surface area (Å²) in [4.78, 5) is 43.0. The number of likely N-dealkylation sites (tertiary alicyclic amines) is 1. The van der Waals surface area contributed by atoms with Gasteiger partial charge < -0.3 is 4.57 Å². The van der Waals surface area contributed by atoms with E-state index >= 15 is 0 Å². The molecule has 0 bridgehead atoms. The summed E-state index contributed by atoms with van der Waals surface area (Å²) in [6.45, 7) is -0.279. The normalized spacial score (nSPS) is 23.6. The molecule has 0 saturated carbocycles. The highest BCUT2D eigenvalue weighted by Gasteiger charge is 2.47. The van der Waals surface area contributed by atoms with Gasteiger partial charge in [-0.3, -0.25) is 19.3 Å². The molecule has 3 amide bonds. The number of amides is 3. The number of aromatic nitrogens is 1. The minimum absolute atomic E-state index is 0.247. The highest BCUT2D eigenvalue weighted by molar-refractivity contribution is 7.16. The number of imide groups is 1. The number of para-hydroxylation sites is 1. The number of rotatable bonds is 2. The van der Waals surface area contributed by atoms with Crippen LogP contribution in [-0.4, -0.2) is 33.7 Å². The van der Waals surface area contributed by atoms with Crippen LogP contribution in [-0.2, 0) is 21.4 Å². The number of thiazole rings is 1. The lowest BCUT2D eigenvalue weighted by atomic mass is 9.85. The van der Waals surface area contributed by atoms with E-state index in [0.29, 0.717) is 17.6 Å². The van der Waals surface area contributed by atoms with Gasteiger partial charge in [-0.05, 0) is 25.0 Å². The predicted molar refractivity (Wildman–Crippen MR) is 93.4 cm³/mol. The van der Waals surface area contributed by atoms with Crippen molar-refractivity contribution in [2.24, 2.45) is 23.9 Å². The number of hydrogen-bond donors (Lipinski definition) is 0. The summed E-state index contributed by atoms with van der Waals surface area (Å²) in [6.07, 6.45) is 5.00. The second-order valence-corrected chi connectivity index (χ2v) is 7.34. The lowest BCUT2D eigenvalue weighted by molar-refractivity contribution is -0.143. The zero-order valence-corrected chi connectivity index (χ0v) is 14.5. The topological polar surface area (TPSA) is 71.7 Å². The van der Waals surface area contributed by atoms with Gasteiger partial charge in [0.05, 0.1) is 22.1 Å². The smallest absolute Gasteiger partial charge is 0.268 e. The van der Waals surface area contributed by atoms with Crippen LogP contribution in [0, 0.1) is 11.8 Å². The Kier molecular flexibility index (Phi) is 3.88. The van der Waals surface area contributed by atoms with E-state index in [2.05, 4.69) is 4.99 Å². The van der Waals surface area contributed by atoms with Gasteiger partial charge in [0.2, 0.25) is 11.8 Å². The summed E-state index contributed by atoms with van der Waals surface area (Å²) < 4.78 is 2.87. The average Bonchev–Trinajstić information content (AvgIpc) is 3.06. The Morgan fingerprint density at radius 3 is 2.44 bits per heavy atom. The number of hydrogen-bond acceptors (Lipinski definition) is 4. The van der Waals surface area contributed by atoms with Crippen molar-refractivity contribution in [2.75, 3.05) is 6.54 Å². The third-order valence-electron chi connectivity index (χ3n) is 4.83. The minimum Gasteiger partial charge on any atom is -0.319 e. The number of fused-ring (bicyclic) bond motifs is 2. The van der Waals surface area contributed by atoms with Crippen molar-refractivity contribution in [3.8, 4) is 0 Å². The quantitative estimate of drug-likeness (QED) is 0.607. The van der Waals surface area contributed by atoms with Crippen molar-refractivity contribution in [1.29, 1.82) is 0 Å². The number of nitrogens with zero attached hydrogens (tertiary/aromatic N) is 3. The second-order valence-electron chi connectivity index (χ2n) is 6.34. The van der Waals surface area contributed by atoms with Crippen molar-refractivity contribution < 1.29 is 14.4 Å². The molecule has 2 aromatic rings. The molecule has 128 valence electrons. The van der Waals surface area contributed by atoms with Crippen molar-refractivity contribution in [3.63, 3.8) is 0 Å². The molecule has 25 heavy (non-hydrogen) atoms. The van der Waals surface area contributed by atoms with E-state index in [-0.39, 0.29) is 30.2 Å². The molecule has 1 aromatic carbocycles. The van der Waals surface area contributed by atoms with Gasteiger partial charge in [0.15, 0.2) is 4.80 Å². The highest BCUT2D eigenvalue weighted by Crippen LogP contribution is 2.34. The minimum atomic E-state index is -0.476. The standard InChI is InChI=1S/C18H17N3O3S/c1-20-13-8-4-5-9-14(13)25-18(20)19-15(22)10-21-16(23)11-6-2-3-7-12(11)17(21)24/h2-5,8-9,11-12H,6-7,10H2,1H3/t11-,12+. The predicted octanol–water partition coefficient (Wildman–Crippen LogP) is 1.62. The molecule has 1 aliphatic carbocycles. The fourth-order valence-electron chi connectivity index (χ4n) is 3.49. The van der Waals surface area contributed by atoms with Gasteiger partial charge in [-0.1, -0.05) is 35.6 Å². The molecular weight excluding hydrogens is 338 g/mol. The molecule has 0 N–H and O–H groups in total. The van der Waals surface area contributed by atoms with Crippen LogP contribution >= 0.6 is 11.3 Å². The van der Waals surface area contributed by atoms with Crippen molar-refractivity contribution in [2.45, 2.75) is 12.8 Å². The first-order valence-corrected chi connectivity index (χ1v) is 9.00. The van der Waals surface area contributed by atoms with Gasteiger partial charge in [0.1, 0.15) is 6.54 Å². The van der Waals surface area contributed by atoms with E-state index < -0.39 is 5.91 Å². The number of benzene rings is 1. The van der Waals surface area contributed by atoms with Gasteiger partial charge >= 0.3 is 0 Å². The number of allylic oxidation sites excluding steroid dienone is 2. The molecule has 4 rings (SSSR count). The van der Waals surface area contributed by atoms with Crippen molar-refractivity contribution >= 4 is 39.3 Å². The molecule has 2 aliphatic rings. The molecule has 2 atom stereocenters. The van der Waals surface area contributed by atoms with Crippen LogP contribution in [0.5, 0.6) is 0 Å². The molecular formula is C18H17N3O3S. The highest BCUT2D eigenvalue weighted by atomic mass is 32.1. The van der Waals surface area contributed by atoms with Crippen LogP contribution in [0.1, 0.15) is 12.8 Å². The Balaban J connectivity index is 1.59. The maximum Gasteiger partial charge on any atom is 0.268 e. The molecule has 1 fully saturated rings. The summed E-state index contributed by atoms with van der Waals surface area (Å²) >= 11 is 1.41. The van der Waals surface area contributed by atoms with Gasteiger partial charge in [-0.2, -0.15) is 4.99 Å². The van der Waals surface area contributed by atoms with E-state index in [4.69, 9.17) is 0 Å². The van der Waals surface area contributed by atoms with Crippen LogP contribution in [0.4, 0.5) is 0 Å². The van der Waals surface area contributed by atoms with E-state index in [1.165, 1.54) is 11.3 Å². The van der Waals surface area contributed by atoms with Gasteiger partial charge in [0, 0.05) is 7.05 Å². The van der Waals surface area contributed by atoms with Crippen LogP contribution in [0.3, 0.4) is 0 Å². The number of carbonyl (C=O) groups excluding carboxylic acids is 3. The fraction of sp³-hybridized carbons (Fsp3) is 0.333. The molecule has 0 unspecified atom stereocenters. The largest absolute Gasteiger partial charge is 0.319 e. The first-order chi connectivity index (χ1) is 12.1. The van der Waals surface area contributed by atoms with E-state index in [0.717, 1.165) is 15.1 Å². The van der Waals surface area contributed by atoms with Crippen LogP contribution < -0.4 is 4.80 Å². The SMILES string of the molecule is Cn1c(=NC(=O)CN2C(=O)[C@H]3CC=CC[C@H]3C2=O)sc2ccccc21. The molecule has 0 radical (unpaired) electrons. The second kappa shape index (κ2) is 6.07. The summed E-state index contributed by atoms with van der Waals surface area (Å²) in [7, 11) is 1.84. The maximum absolute atomic E-state index is 12.4. The molecule has 2 heterocycles. The van der Waals surface area contributed by atoms with Crippen LogP contribution in [0.2, 0.25) is 0 Å². The summed E-state index contributed by atoms with van der Waals surface area (Å²) in [5.41, 5.74) is 0.990. The van der Waals surface area contributed by atoms with E-state index in [9.17, 15) is 14.4 Å². The van der Waals surface area contributed by atoms with E-state index in [1.807, 2.05) is 48.0 Å². The summed E-state index contributed by atoms with van der Waals surface area (Å²) in [5, 5.41) is 0. The van der Waals surface area contributed by atoms with Crippen molar-refractivity contribution in [3.05, 3.63) is 41.2 Å². The number of aryl methyl sites for hydroxylation is 1. The average molecular weight is 355 g/mol. The molecule has 1 aliphatic heterocycles. The Bertz CT molecular complexity index is 959. The molecule has 1 saturated heterocycles. The zero-order valence-electron chi connectivity index (χ0n) is 13.7. The molecule has 1 aromatic heterocycles. The lowest BCUT2D eigenvalue weighted by Gasteiger charge is -2.14. The molecule has 6 nitrogen and oxygen atoms in total. The lowest BCUT2D eigenvalue weighted by Crippen LogP contribution is -2.36. The molecule has 0 spiro atoms. The van der Waals surface area contributed by atoms with Crippen molar-refractivity contribution in [1.82, 2.24) is 9.47 Å². The van der Waals surface area contributed by atoms with Gasteiger partial charge in [-0.25, -0.2) is 0 Å². The maximum atomic E-state index is 12.4. The summed E-state index contributed by atoms with van der Waals surface area (Å²) in [5.74, 6) is -1.60. The Hall–Kier alpha value is -2.54. The Labute approximate surface area is 148 Å². The molecule has 7 heteroatoms. The van der Waals surface area contributed by atoms with Gasteiger partial charge in [-0.15, -0.1) is 0 Å². The van der Waals surface area contributed by atoms with Crippen LogP contribution in [0.25, 0.3) is 10.2 Å². The first-order valence-electron chi connectivity index (χ1n) is 8.18. The van der Waals surface area contributed by atoms with Gasteiger partial charge in [0.25, 0.3) is 5.91 Å². The third kappa shape index (κ3) is 2.64. The van der Waals surface area contributed by atoms with Crippen LogP contribution in [0.15, 0.2) is 41.4 Å². The Morgan fingerprint density at radius 1 is 1.16 bits per heavy atom. The third-order valence-corrected chi connectivity index (χ3v) is 5.94. The fourth-order valence-corrected chi connectivity index (χ4v) is 4.53. The van der Waals surface area contributed by atoms with E-state index in [1.54, 1.807) is 0 Å². The monoisotopic (exact) mass is 355 g/mol. The Morgan fingerprint density at radius 2 is 1.80 bits per heavy atom. The number of carbonyl (C=O) groups is 3. The summed E-state index contributed by atoms with van der Waals surface area (Å²) in [6, 6.07) is 7.79. The first kappa shape index (κ1) is 16.0. The zero-order chi connectivity index (χ0) is 17.6.